The lowest BCUT2D eigenvalue weighted by molar-refractivity contribution is -0.133. The number of allylic oxidation sites excluding steroid dienone is 2. The molecule has 0 bridgehead atoms. The molecule has 2 heterocycles. The fraction of sp³-hybridized carbons (Fsp3) is 0.417. The predicted octanol–water partition coefficient (Wildman–Crippen LogP) is 1.54. The van der Waals surface area contributed by atoms with E-state index in [0.29, 0.717) is 5.57 Å². The molecule has 0 aromatic carbocycles. The van der Waals surface area contributed by atoms with E-state index in [1.54, 1.807) is 11.8 Å². The van der Waals surface area contributed by atoms with E-state index in [0.717, 1.165) is 13.0 Å². The third-order valence-corrected chi connectivity index (χ3v) is 5.07. The molecule has 3 atom stereocenters. The molecule has 3 unspecified atom stereocenters. The van der Waals surface area contributed by atoms with Crippen LogP contribution in [0.5, 0.6) is 0 Å². The summed E-state index contributed by atoms with van der Waals surface area (Å²) in [6, 6.07) is 0.259. The van der Waals surface area contributed by atoms with Crippen LogP contribution in [-0.2, 0) is 4.79 Å². The normalized spacial score (nSPS) is 40.1. The first-order chi connectivity index (χ1) is 7.74. The molecule has 0 saturated carbocycles. The molecule has 0 radical (unpaired) electrons. The lowest BCUT2D eigenvalue weighted by Gasteiger charge is -2.44. The molecule has 0 aromatic heterocycles. The van der Waals surface area contributed by atoms with Crippen LogP contribution in [0.3, 0.4) is 0 Å². The highest BCUT2D eigenvalue weighted by Gasteiger charge is 2.51. The number of rotatable bonds is 1. The van der Waals surface area contributed by atoms with Crippen molar-refractivity contribution >= 4 is 17.7 Å². The zero-order chi connectivity index (χ0) is 11.2. The van der Waals surface area contributed by atoms with E-state index in [9.17, 15) is 9.90 Å². The maximum atomic E-state index is 11.2. The summed E-state index contributed by atoms with van der Waals surface area (Å²) in [6.07, 6.45) is 9.26. The van der Waals surface area contributed by atoms with Crippen LogP contribution < -0.4 is 5.32 Å². The van der Waals surface area contributed by atoms with E-state index in [4.69, 9.17) is 0 Å². The largest absolute Gasteiger partial charge is 0.478 e. The van der Waals surface area contributed by atoms with Gasteiger partial charge in [-0.15, -0.1) is 11.8 Å². The molecule has 0 aromatic rings. The number of carboxylic acids is 1. The molecular formula is C12H13NO2S. The highest BCUT2D eigenvalue weighted by atomic mass is 32.2. The van der Waals surface area contributed by atoms with Crippen molar-refractivity contribution in [2.24, 2.45) is 5.92 Å². The van der Waals surface area contributed by atoms with Crippen molar-refractivity contribution in [3.05, 3.63) is 35.3 Å². The summed E-state index contributed by atoms with van der Waals surface area (Å²) in [5, 5.41) is 14.5. The second kappa shape index (κ2) is 3.50. The van der Waals surface area contributed by atoms with Crippen LogP contribution in [0, 0.1) is 5.92 Å². The number of nitrogens with one attached hydrogen (secondary N) is 1. The molecule has 3 nitrogen and oxygen atoms in total. The van der Waals surface area contributed by atoms with Gasteiger partial charge >= 0.3 is 5.97 Å². The van der Waals surface area contributed by atoms with Crippen LogP contribution in [0.4, 0.5) is 0 Å². The highest BCUT2D eigenvalue weighted by Crippen LogP contribution is 2.52. The Bertz CT molecular complexity index is 427. The van der Waals surface area contributed by atoms with Crippen molar-refractivity contribution in [2.45, 2.75) is 17.2 Å². The Kier molecular flexibility index (Phi) is 2.23. The smallest absolute Gasteiger partial charge is 0.332 e. The standard InChI is InChI=1S/C12H13NO2S/c14-11(15)8-7-16-12-5-2-1-3-10(12)13-6-4-9(8)12/h1-3,5,7,9-10,13H,4,6H2,(H,14,15). The second-order valence-electron chi connectivity index (χ2n) is 4.37. The lowest BCUT2D eigenvalue weighted by Crippen LogP contribution is -2.55. The summed E-state index contributed by atoms with van der Waals surface area (Å²) >= 11 is 1.65. The quantitative estimate of drug-likeness (QED) is 0.724. The van der Waals surface area contributed by atoms with Gasteiger partial charge in [0, 0.05) is 17.5 Å². The van der Waals surface area contributed by atoms with Crippen molar-refractivity contribution < 1.29 is 9.90 Å². The van der Waals surface area contributed by atoms with Crippen LogP contribution in [0.2, 0.25) is 0 Å². The summed E-state index contributed by atoms with van der Waals surface area (Å²) in [5.41, 5.74) is 0.580. The minimum absolute atomic E-state index is 0.0965. The molecule has 3 aliphatic rings. The van der Waals surface area contributed by atoms with Gasteiger partial charge in [-0.1, -0.05) is 24.3 Å². The van der Waals surface area contributed by atoms with Crippen LogP contribution in [0.15, 0.2) is 35.3 Å². The average molecular weight is 235 g/mol. The van der Waals surface area contributed by atoms with Gasteiger partial charge in [-0.2, -0.15) is 0 Å². The van der Waals surface area contributed by atoms with Crippen molar-refractivity contribution in [1.29, 1.82) is 0 Å². The van der Waals surface area contributed by atoms with E-state index >= 15 is 0 Å². The van der Waals surface area contributed by atoms with Crippen LogP contribution >= 0.6 is 11.8 Å². The van der Waals surface area contributed by atoms with Crippen LogP contribution in [0.25, 0.3) is 0 Å². The molecule has 3 rings (SSSR count). The van der Waals surface area contributed by atoms with Gasteiger partial charge < -0.3 is 10.4 Å². The van der Waals surface area contributed by atoms with Crippen LogP contribution in [0.1, 0.15) is 6.42 Å². The van der Waals surface area contributed by atoms with Crippen molar-refractivity contribution in [3.63, 3.8) is 0 Å². The van der Waals surface area contributed by atoms with Gasteiger partial charge in [0.2, 0.25) is 0 Å². The molecule has 2 aliphatic heterocycles. The zero-order valence-corrected chi connectivity index (χ0v) is 9.54. The minimum atomic E-state index is -0.766. The fourth-order valence-corrected chi connectivity index (χ4v) is 4.32. The summed E-state index contributed by atoms with van der Waals surface area (Å²) < 4.78 is -0.0965. The van der Waals surface area contributed by atoms with Crippen molar-refractivity contribution in [2.75, 3.05) is 6.54 Å². The molecule has 1 spiro atoms. The molecule has 1 fully saturated rings. The molecular weight excluding hydrogens is 222 g/mol. The Hall–Kier alpha value is -1.00. The Balaban J connectivity index is 2.00. The molecule has 0 amide bonds. The Morgan fingerprint density at radius 3 is 3.25 bits per heavy atom. The van der Waals surface area contributed by atoms with E-state index in [1.807, 2.05) is 17.6 Å². The van der Waals surface area contributed by atoms with Crippen molar-refractivity contribution in [1.82, 2.24) is 5.32 Å². The fourth-order valence-electron chi connectivity index (χ4n) is 2.84. The SMILES string of the molecule is O=C(O)C1=CSC23C=CC=CC2NCCC13. The third-order valence-electron chi connectivity index (χ3n) is 3.61. The molecule has 16 heavy (non-hydrogen) atoms. The molecule has 84 valence electrons. The maximum absolute atomic E-state index is 11.2. The Morgan fingerprint density at radius 1 is 1.56 bits per heavy atom. The van der Waals surface area contributed by atoms with Crippen molar-refractivity contribution in [3.8, 4) is 0 Å². The van der Waals surface area contributed by atoms with Crippen LogP contribution in [-0.4, -0.2) is 28.4 Å². The number of carboxylic acid groups (broad SMARTS) is 1. The van der Waals surface area contributed by atoms with Gasteiger partial charge in [-0.05, 0) is 18.4 Å². The number of carbonyl (C=O) groups is 1. The van der Waals surface area contributed by atoms with Gasteiger partial charge in [-0.3, -0.25) is 0 Å². The number of hydrogen-bond donors (Lipinski definition) is 2. The van der Waals surface area contributed by atoms with Gasteiger partial charge in [0.1, 0.15) is 0 Å². The number of thioether (sulfide) groups is 1. The minimum Gasteiger partial charge on any atom is -0.478 e. The first-order valence-corrected chi connectivity index (χ1v) is 6.32. The van der Waals surface area contributed by atoms with E-state index < -0.39 is 5.97 Å². The number of aliphatic carboxylic acids is 1. The lowest BCUT2D eigenvalue weighted by atomic mass is 9.74. The van der Waals surface area contributed by atoms with E-state index in [2.05, 4.69) is 17.5 Å². The summed E-state index contributed by atoms with van der Waals surface area (Å²) in [6.45, 7) is 0.889. The summed E-state index contributed by atoms with van der Waals surface area (Å²) in [4.78, 5) is 11.2. The Labute approximate surface area is 98.3 Å². The number of piperidine rings is 1. The van der Waals surface area contributed by atoms with Gasteiger partial charge in [0.05, 0.1) is 4.75 Å². The monoisotopic (exact) mass is 235 g/mol. The summed E-state index contributed by atoms with van der Waals surface area (Å²) in [7, 11) is 0. The highest BCUT2D eigenvalue weighted by molar-refractivity contribution is 8.04. The average Bonchev–Trinajstić information content (AvgIpc) is 2.66. The molecule has 1 saturated heterocycles. The maximum Gasteiger partial charge on any atom is 0.332 e. The first kappa shape index (κ1) is 10.2. The third kappa shape index (κ3) is 1.23. The zero-order valence-electron chi connectivity index (χ0n) is 8.72. The first-order valence-electron chi connectivity index (χ1n) is 5.44. The van der Waals surface area contributed by atoms with E-state index in [1.165, 1.54) is 0 Å². The molecule has 4 heteroatoms. The Morgan fingerprint density at radius 2 is 2.44 bits per heavy atom. The molecule has 2 N–H and O–H groups in total. The second-order valence-corrected chi connectivity index (χ2v) is 5.55. The summed E-state index contributed by atoms with van der Waals surface area (Å²) in [5.74, 6) is -0.625. The topological polar surface area (TPSA) is 49.3 Å². The van der Waals surface area contributed by atoms with Gasteiger partial charge in [0.25, 0.3) is 0 Å². The van der Waals surface area contributed by atoms with E-state index in [-0.39, 0.29) is 16.7 Å². The predicted molar refractivity (Wildman–Crippen MR) is 64.2 cm³/mol. The van der Waals surface area contributed by atoms with Gasteiger partial charge in [-0.25, -0.2) is 4.79 Å². The molecule has 1 aliphatic carbocycles. The van der Waals surface area contributed by atoms with Gasteiger partial charge in [0.15, 0.2) is 0 Å². The number of hydrogen-bond acceptors (Lipinski definition) is 3.